The Balaban J connectivity index is 1.53. The molecule has 7 nitrogen and oxygen atoms in total. The molecule has 1 aliphatic rings. The number of halogens is 1. The molecule has 2 N–H and O–H groups in total. The maximum atomic E-state index is 14.0. The monoisotopic (exact) mass is 457 g/mol. The predicted molar refractivity (Wildman–Crippen MR) is 127 cm³/mol. The smallest absolute Gasteiger partial charge is 0.256 e. The Morgan fingerprint density at radius 3 is 2.53 bits per heavy atom. The molecule has 0 radical (unpaired) electrons. The normalized spacial score (nSPS) is 12.3. The molecule has 0 aliphatic carbocycles. The number of nitrogens with one attached hydrogen (secondary N) is 2. The lowest BCUT2D eigenvalue weighted by Crippen LogP contribution is -2.15. The third-order valence-electron chi connectivity index (χ3n) is 5.33. The number of carbonyl (C=O) groups excluding carboxylic acids is 2. The van der Waals surface area contributed by atoms with Gasteiger partial charge >= 0.3 is 0 Å². The molecule has 1 aromatic heterocycles. The van der Waals surface area contributed by atoms with Gasteiger partial charge in [-0.05, 0) is 48.5 Å². The summed E-state index contributed by atoms with van der Waals surface area (Å²) in [5.41, 5.74) is 2.76. The van der Waals surface area contributed by atoms with E-state index in [0.717, 1.165) is 5.56 Å². The van der Waals surface area contributed by atoms with Crippen molar-refractivity contribution in [1.29, 1.82) is 0 Å². The molecular formula is C26H20FN3O4. The molecule has 0 fully saturated rings. The Morgan fingerprint density at radius 1 is 0.912 bits per heavy atom. The van der Waals surface area contributed by atoms with Gasteiger partial charge < -0.3 is 20.1 Å². The SMILES string of the molecule is CC(=O)Nc1cc(NC(=O)c2cc(-c3ccc4c(c3)OCCO4)nc3ccccc23)ccc1F. The molecule has 0 unspecified atom stereocenters. The van der Waals surface area contributed by atoms with Crippen molar-refractivity contribution >= 4 is 34.1 Å². The van der Waals surface area contributed by atoms with Gasteiger partial charge in [0.2, 0.25) is 5.91 Å². The molecule has 0 spiro atoms. The number of rotatable bonds is 4. The topological polar surface area (TPSA) is 89.6 Å². The van der Waals surface area contributed by atoms with Crippen molar-refractivity contribution in [3.63, 3.8) is 0 Å². The van der Waals surface area contributed by atoms with E-state index in [0.29, 0.717) is 52.6 Å². The van der Waals surface area contributed by atoms with Gasteiger partial charge in [0, 0.05) is 23.6 Å². The van der Waals surface area contributed by atoms with Crippen LogP contribution in [0.5, 0.6) is 11.5 Å². The number of anilines is 2. The lowest BCUT2D eigenvalue weighted by molar-refractivity contribution is -0.114. The molecule has 0 saturated heterocycles. The van der Waals surface area contributed by atoms with Crippen molar-refractivity contribution in [2.24, 2.45) is 0 Å². The number of hydrogen-bond acceptors (Lipinski definition) is 5. The van der Waals surface area contributed by atoms with E-state index in [1.165, 1.54) is 25.1 Å². The number of benzene rings is 3. The van der Waals surface area contributed by atoms with Crippen LogP contribution in [0, 0.1) is 5.82 Å². The Bertz CT molecular complexity index is 1440. The van der Waals surface area contributed by atoms with Crippen LogP contribution in [0.3, 0.4) is 0 Å². The molecule has 170 valence electrons. The Hall–Kier alpha value is -4.46. The molecular weight excluding hydrogens is 437 g/mol. The van der Waals surface area contributed by atoms with E-state index in [4.69, 9.17) is 14.5 Å². The van der Waals surface area contributed by atoms with Crippen LogP contribution >= 0.6 is 0 Å². The van der Waals surface area contributed by atoms with Crippen LogP contribution < -0.4 is 20.1 Å². The molecule has 2 heterocycles. The minimum atomic E-state index is -0.594. The quantitative estimate of drug-likeness (QED) is 0.449. The number of pyridine rings is 1. The highest BCUT2D eigenvalue weighted by molar-refractivity contribution is 6.13. The molecule has 4 aromatic rings. The first-order valence-corrected chi connectivity index (χ1v) is 10.7. The average Bonchev–Trinajstić information content (AvgIpc) is 2.84. The zero-order chi connectivity index (χ0) is 23.7. The van der Waals surface area contributed by atoms with Crippen molar-refractivity contribution < 1.29 is 23.5 Å². The van der Waals surface area contributed by atoms with Crippen LogP contribution in [0.4, 0.5) is 15.8 Å². The molecule has 34 heavy (non-hydrogen) atoms. The van der Waals surface area contributed by atoms with E-state index >= 15 is 0 Å². The van der Waals surface area contributed by atoms with Gasteiger partial charge in [-0.25, -0.2) is 9.37 Å². The second kappa shape index (κ2) is 8.82. The summed E-state index contributed by atoms with van der Waals surface area (Å²) in [5.74, 6) is -0.102. The van der Waals surface area contributed by atoms with Crippen LogP contribution in [-0.4, -0.2) is 30.0 Å². The van der Waals surface area contributed by atoms with E-state index in [1.807, 2.05) is 42.5 Å². The number of aromatic nitrogens is 1. The summed E-state index contributed by atoms with van der Waals surface area (Å²) in [6.07, 6.45) is 0. The molecule has 0 saturated carbocycles. The number of ether oxygens (including phenoxy) is 2. The minimum absolute atomic E-state index is 0.0122. The van der Waals surface area contributed by atoms with Crippen LogP contribution in [0.15, 0.2) is 66.7 Å². The summed E-state index contributed by atoms with van der Waals surface area (Å²) in [6.45, 7) is 2.25. The molecule has 0 atom stereocenters. The molecule has 0 bridgehead atoms. The summed E-state index contributed by atoms with van der Waals surface area (Å²) in [7, 11) is 0. The molecule has 5 rings (SSSR count). The van der Waals surface area contributed by atoms with E-state index in [-0.39, 0.29) is 5.69 Å². The summed E-state index contributed by atoms with van der Waals surface area (Å²) in [5, 5.41) is 5.88. The zero-order valence-corrected chi connectivity index (χ0v) is 18.2. The first kappa shape index (κ1) is 21.4. The number of para-hydroxylation sites is 1. The van der Waals surface area contributed by atoms with Crippen LogP contribution in [0.2, 0.25) is 0 Å². The zero-order valence-electron chi connectivity index (χ0n) is 18.2. The minimum Gasteiger partial charge on any atom is -0.486 e. The molecule has 1 aliphatic heterocycles. The highest BCUT2D eigenvalue weighted by atomic mass is 19.1. The number of nitrogens with zero attached hydrogens (tertiary/aromatic N) is 1. The number of amides is 2. The van der Waals surface area contributed by atoms with Crippen molar-refractivity contribution in [2.75, 3.05) is 23.8 Å². The maximum Gasteiger partial charge on any atom is 0.256 e. The molecule has 2 amide bonds. The fourth-order valence-corrected chi connectivity index (χ4v) is 3.80. The van der Waals surface area contributed by atoms with Gasteiger partial charge in [0.25, 0.3) is 5.91 Å². The summed E-state index contributed by atoms with van der Waals surface area (Å²) < 4.78 is 25.3. The number of carbonyl (C=O) groups is 2. The van der Waals surface area contributed by atoms with Gasteiger partial charge in [0.05, 0.1) is 22.5 Å². The highest BCUT2D eigenvalue weighted by Crippen LogP contribution is 2.35. The van der Waals surface area contributed by atoms with Crippen molar-refractivity contribution in [3.05, 3.63) is 78.1 Å². The first-order valence-electron chi connectivity index (χ1n) is 10.7. The van der Waals surface area contributed by atoms with Crippen LogP contribution in [0.25, 0.3) is 22.2 Å². The molecule has 3 aromatic carbocycles. The third-order valence-corrected chi connectivity index (χ3v) is 5.33. The summed E-state index contributed by atoms with van der Waals surface area (Å²) >= 11 is 0. The van der Waals surface area contributed by atoms with Gasteiger partial charge in [0.15, 0.2) is 11.5 Å². The van der Waals surface area contributed by atoms with E-state index in [2.05, 4.69) is 10.6 Å². The van der Waals surface area contributed by atoms with E-state index in [1.54, 1.807) is 6.07 Å². The largest absolute Gasteiger partial charge is 0.486 e. The summed E-state index contributed by atoms with van der Waals surface area (Å²) in [4.78, 5) is 29.4. The Labute approximate surface area is 194 Å². The number of fused-ring (bicyclic) bond motifs is 2. The second-order valence-corrected chi connectivity index (χ2v) is 7.76. The van der Waals surface area contributed by atoms with Gasteiger partial charge in [-0.3, -0.25) is 9.59 Å². The predicted octanol–water partition coefficient (Wildman–Crippen LogP) is 5.02. The fraction of sp³-hybridized carbons (Fsp3) is 0.115. The van der Waals surface area contributed by atoms with Crippen molar-refractivity contribution in [3.8, 4) is 22.8 Å². The van der Waals surface area contributed by atoms with Gasteiger partial charge in [-0.15, -0.1) is 0 Å². The van der Waals surface area contributed by atoms with E-state index < -0.39 is 17.6 Å². The highest BCUT2D eigenvalue weighted by Gasteiger charge is 2.17. The fourth-order valence-electron chi connectivity index (χ4n) is 3.80. The van der Waals surface area contributed by atoms with E-state index in [9.17, 15) is 14.0 Å². The first-order chi connectivity index (χ1) is 16.5. The standard InChI is InChI=1S/C26H20FN3O4/c1-15(31)28-23-13-17(7-8-20(23)27)29-26(32)19-14-22(30-21-5-3-2-4-18(19)21)16-6-9-24-25(12-16)34-11-10-33-24/h2-9,12-14H,10-11H2,1H3,(H,28,31)(H,29,32). The van der Waals surface area contributed by atoms with Crippen molar-refractivity contribution in [2.45, 2.75) is 6.92 Å². The Morgan fingerprint density at radius 2 is 1.71 bits per heavy atom. The third kappa shape index (κ3) is 4.25. The summed E-state index contributed by atoms with van der Waals surface area (Å²) in [6, 6.07) is 18.6. The van der Waals surface area contributed by atoms with Gasteiger partial charge in [0.1, 0.15) is 19.0 Å². The van der Waals surface area contributed by atoms with Gasteiger partial charge in [-0.2, -0.15) is 0 Å². The second-order valence-electron chi connectivity index (χ2n) is 7.76. The Kier molecular flexibility index (Phi) is 5.55. The van der Waals surface area contributed by atoms with Crippen LogP contribution in [0.1, 0.15) is 17.3 Å². The van der Waals surface area contributed by atoms with Gasteiger partial charge in [-0.1, -0.05) is 18.2 Å². The lowest BCUT2D eigenvalue weighted by Gasteiger charge is -2.19. The van der Waals surface area contributed by atoms with Crippen molar-refractivity contribution in [1.82, 2.24) is 4.98 Å². The molecule has 8 heteroatoms. The van der Waals surface area contributed by atoms with Crippen LogP contribution in [-0.2, 0) is 4.79 Å². The average molecular weight is 457 g/mol. The lowest BCUT2D eigenvalue weighted by atomic mass is 10.0. The maximum absolute atomic E-state index is 14.0. The number of hydrogen-bond donors (Lipinski definition) is 2.